The van der Waals surface area contributed by atoms with E-state index in [2.05, 4.69) is 27.3 Å². The summed E-state index contributed by atoms with van der Waals surface area (Å²) >= 11 is 0. The van der Waals surface area contributed by atoms with Gasteiger partial charge >= 0.3 is 5.97 Å². The molecule has 0 saturated carbocycles. The van der Waals surface area contributed by atoms with Gasteiger partial charge in [-0.05, 0) is 24.5 Å². The number of aliphatic hydroxyl groups excluding tert-OH is 1. The van der Waals surface area contributed by atoms with E-state index >= 15 is 0 Å². The normalized spacial score (nSPS) is 29.4. The Bertz CT molecular complexity index is 995. The highest BCUT2D eigenvalue weighted by atomic mass is 16.5. The van der Waals surface area contributed by atoms with Crippen molar-refractivity contribution in [3.8, 4) is 0 Å². The lowest BCUT2D eigenvalue weighted by molar-refractivity contribution is -0.141. The zero-order valence-corrected chi connectivity index (χ0v) is 15.6. The van der Waals surface area contributed by atoms with Crippen LogP contribution in [0.25, 0.3) is 10.9 Å². The first-order valence-electron chi connectivity index (χ1n) is 9.69. The molecule has 0 radical (unpaired) electrons. The Hall–Kier alpha value is -2.64. The van der Waals surface area contributed by atoms with Gasteiger partial charge in [0.2, 0.25) is 5.91 Å². The van der Waals surface area contributed by atoms with Crippen molar-refractivity contribution in [1.29, 1.82) is 0 Å². The fourth-order valence-electron chi connectivity index (χ4n) is 5.43. The summed E-state index contributed by atoms with van der Waals surface area (Å²) in [5.41, 5.74) is 4.02. The van der Waals surface area contributed by atoms with Crippen molar-refractivity contribution >= 4 is 22.8 Å². The number of para-hydroxylation sites is 1. The first-order chi connectivity index (χ1) is 13.6. The lowest BCUT2D eigenvalue weighted by atomic mass is 9.69. The van der Waals surface area contributed by atoms with Crippen LogP contribution in [0.5, 0.6) is 0 Å². The standard InChI is InChI=1S/C21H23N3O4/c1-28-21(27)14-9-22-20(26)18-13(14)8-16-19-12(6-7-24(16)17(18)10-25)11-4-2-3-5-15(11)23-19/h2-5,9,13,16-18,23,25H,6-8,10H2,1H3,(H,22,26)/t13-,16+,17+,18+/m1/s1. The minimum absolute atomic E-state index is 0.0218. The number of methoxy groups -OCH3 is 1. The molecule has 0 aliphatic carbocycles. The SMILES string of the molecule is COC(=O)C1=CNC(=O)[C@H]2[C@@H]1C[C@H]1c3[nH]c4ccccc4c3CCN1[C@H]2CO. The number of hydrogen-bond acceptors (Lipinski definition) is 5. The highest BCUT2D eigenvalue weighted by Crippen LogP contribution is 2.48. The number of nitrogens with zero attached hydrogens (tertiary/aromatic N) is 1. The second kappa shape index (κ2) is 6.46. The van der Waals surface area contributed by atoms with E-state index in [0.717, 1.165) is 24.2 Å². The Kier molecular flexibility index (Phi) is 4.03. The van der Waals surface area contributed by atoms with Crippen LogP contribution >= 0.6 is 0 Å². The molecular weight excluding hydrogens is 358 g/mol. The molecule has 4 heterocycles. The fourth-order valence-corrected chi connectivity index (χ4v) is 5.43. The van der Waals surface area contributed by atoms with Crippen LogP contribution in [0.2, 0.25) is 0 Å². The molecule has 0 spiro atoms. The number of aromatic nitrogens is 1. The van der Waals surface area contributed by atoms with Gasteiger partial charge < -0.3 is 20.1 Å². The number of aliphatic hydroxyl groups is 1. The van der Waals surface area contributed by atoms with Crippen LogP contribution in [-0.4, -0.2) is 53.2 Å². The molecule has 3 N–H and O–H groups in total. The number of piperidine rings is 1. The Balaban J connectivity index is 1.62. The van der Waals surface area contributed by atoms with Gasteiger partial charge in [0.25, 0.3) is 0 Å². The maximum Gasteiger partial charge on any atom is 0.335 e. The lowest BCUT2D eigenvalue weighted by Gasteiger charge is -2.51. The van der Waals surface area contributed by atoms with Crippen LogP contribution in [0.3, 0.4) is 0 Å². The summed E-state index contributed by atoms with van der Waals surface area (Å²) in [6.07, 6.45) is 2.98. The van der Waals surface area contributed by atoms with Crippen LogP contribution < -0.4 is 5.32 Å². The quantitative estimate of drug-likeness (QED) is 0.681. The topological polar surface area (TPSA) is 94.7 Å². The summed E-state index contributed by atoms with van der Waals surface area (Å²) in [5.74, 6) is -1.31. The molecule has 4 atom stereocenters. The van der Waals surface area contributed by atoms with Crippen molar-refractivity contribution in [3.05, 3.63) is 47.3 Å². The van der Waals surface area contributed by atoms with E-state index in [9.17, 15) is 14.7 Å². The molecule has 0 bridgehead atoms. The van der Waals surface area contributed by atoms with Gasteiger partial charge in [0.1, 0.15) is 0 Å². The number of nitrogens with one attached hydrogen (secondary N) is 2. The molecule has 7 nitrogen and oxygen atoms in total. The van der Waals surface area contributed by atoms with E-state index in [1.165, 1.54) is 24.3 Å². The molecule has 28 heavy (non-hydrogen) atoms. The zero-order chi connectivity index (χ0) is 19.4. The third-order valence-electron chi connectivity index (χ3n) is 6.63. The Morgan fingerprint density at radius 1 is 1.36 bits per heavy atom. The number of carbonyl (C=O) groups is 2. The minimum atomic E-state index is -0.466. The van der Waals surface area contributed by atoms with Gasteiger partial charge in [0.05, 0.1) is 31.2 Å². The van der Waals surface area contributed by atoms with Crippen molar-refractivity contribution in [2.24, 2.45) is 11.8 Å². The first kappa shape index (κ1) is 17.5. The molecule has 0 unspecified atom stereocenters. The van der Waals surface area contributed by atoms with Crippen molar-refractivity contribution < 1.29 is 19.4 Å². The first-order valence-corrected chi connectivity index (χ1v) is 9.69. The van der Waals surface area contributed by atoms with Gasteiger partial charge in [0.15, 0.2) is 0 Å². The Morgan fingerprint density at radius 3 is 2.96 bits per heavy atom. The molecule has 146 valence electrons. The predicted molar refractivity (Wildman–Crippen MR) is 102 cm³/mol. The molecule has 7 heteroatoms. The van der Waals surface area contributed by atoms with Gasteiger partial charge in [-0.1, -0.05) is 18.2 Å². The molecule has 1 aromatic carbocycles. The van der Waals surface area contributed by atoms with Gasteiger partial charge in [-0.15, -0.1) is 0 Å². The highest BCUT2D eigenvalue weighted by Gasteiger charge is 2.52. The summed E-state index contributed by atoms with van der Waals surface area (Å²) in [7, 11) is 1.35. The minimum Gasteiger partial charge on any atom is -0.466 e. The number of hydrogen-bond donors (Lipinski definition) is 3. The number of amides is 1. The zero-order valence-electron chi connectivity index (χ0n) is 15.6. The van der Waals surface area contributed by atoms with Crippen LogP contribution in [0.1, 0.15) is 23.7 Å². The van der Waals surface area contributed by atoms with Crippen molar-refractivity contribution in [1.82, 2.24) is 15.2 Å². The van der Waals surface area contributed by atoms with Gasteiger partial charge in [-0.2, -0.15) is 0 Å². The van der Waals surface area contributed by atoms with Crippen LogP contribution in [0.4, 0.5) is 0 Å². The number of carbonyl (C=O) groups excluding carboxylic acids is 2. The summed E-state index contributed by atoms with van der Waals surface area (Å²) in [6.45, 7) is 0.646. The largest absolute Gasteiger partial charge is 0.466 e. The van der Waals surface area contributed by atoms with Gasteiger partial charge in [-0.25, -0.2) is 4.79 Å². The maximum absolute atomic E-state index is 12.7. The predicted octanol–water partition coefficient (Wildman–Crippen LogP) is 1.25. The molecule has 1 aromatic heterocycles. The van der Waals surface area contributed by atoms with E-state index in [1.54, 1.807) is 0 Å². The molecule has 2 aromatic rings. The Morgan fingerprint density at radius 2 is 2.18 bits per heavy atom. The smallest absolute Gasteiger partial charge is 0.335 e. The molecular formula is C21H23N3O4. The maximum atomic E-state index is 12.7. The molecule has 3 aliphatic rings. The van der Waals surface area contributed by atoms with E-state index in [1.807, 2.05) is 12.1 Å². The molecule has 5 rings (SSSR count). The van der Waals surface area contributed by atoms with Crippen LogP contribution in [-0.2, 0) is 20.7 Å². The molecule has 1 fully saturated rings. The number of H-pyrrole nitrogens is 1. The number of esters is 1. The van der Waals surface area contributed by atoms with Gasteiger partial charge in [0, 0.05) is 41.3 Å². The third kappa shape index (κ3) is 2.36. The fraction of sp³-hybridized carbons (Fsp3) is 0.429. The molecule has 3 aliphatic heterocycles. The van der Waals surface area contributed by atoms with Crippen LogP contribution in [0.15, 0.2) is 36.0 Å². The van der Waals surface area contributed by atoms with Crippen molar-refractivity contribution in [2.45, 2.75) is 24.9 Å². The van der Waals surface area contributed by atoms with Gasteiger partial charge in [-0.3, -0.25) is 9.69 Å². The number of benzene rings is 1. The number of ether oxygens (including phenoxy) is 1. The second-order valence-electron chi connectivity index (χ2n) is 7.78. The van der Waals surface area contributed by atoms with Crippen LogP contribution in [0, 0.1) is 11.8 Å². The molecule has 1 amide bonds. The highest BCUT2D eigenvalue weighted by molar-refractivity contribution is 5.94. The average Bonchev–Trinajstić information content (AvgIpc) is 3.11. The summed E-state index contributed by atoms with van der Waals surface area (Å²) in [5, 5.41) is 14.1. The third-order valence-corrected chi connectivity index (χ3v) is 6.63. The second-order valence-corrected chi connectivity index (χ2v) is 7.78. The van der Waals surface area contributed by atoms with E-state index in [0.29, 0.717) is 12.0 Å². The number of rotatable bonds is 2. The summed E-state index contributed by atoms with van der Waals surface area (Å²) < 4.78 is 4.95. The summed E-state index contributed by atoms with van der Waals surface area (Å²) in [4.78, 5) is 30.8. The van der Waals surface area contributed by atoms with E-state index in [4.69, 9.17) is 4.74 Å². The monoisotopic (exact) mass is 381 g/mol. The van der Waals surface area contributed by atoms with Crippen molar-refractivity contribution in [3.63, 3.8) is 0 Å². The number of fused-ring (bicyclic) bond motifs is 6. The van der Waals surface area contributed by atoms with E-state index in [-0.39, 0.29) is 30.5 Å². The van der Waals surface area contributed by atoms with E-state index < -0.39 is 11.9 Å². The number of aromatic amines is 1. The Labute approximate surface area is 162 Å². The molecule has 1 saturated heterocycles. The van der Waals surface area contributed by atoms with Crippen molar-refractivity contribution in [2.75, 3.05) is 20.3 Å². The average molecular weight is 381 g/mol. The lowest BCUT2D eigenvalue weighted by Crippen LogP contribution is -2.60. The summed E-state index contributed by atoms with van der Waals surface area (Å²) in [6, 6.07) is 7.94.